The second-order valence-electron chi connectivity index (χ2n) is 8.55. The topological polar surface area (TPSA) is 4.93 Å². The molecular formula is C30H17NS2. The van der Waals surface area contributed by atoms with Crippen molar-refractivity contribution in [2.24, 2.45) is 0 Å². The summed E-state index contributed by atoms with van der Waals surface area (Å²) in [5, 5.41) is 7.96. The molecule has 0 aliphatic heterocycles. The minimum Gasteiger partial charge on any atom is -0.307 e. The van der Waals surface area contributed by atoms with Crippen molar-refractivity contribution in [1.29, 1.82) is 0 Å². The monoisotopic (exact) mass is 455 g/mol. The van der Waals surface area contributed by atoms with E-state index in [1.54, 1.807) is 0 Å². The van der Waals surface area contributed by atoms with Crippen molar-refractivity contribution >= 4 is 84.8 Å². The number of thiophene rings is 2. The van der Waals surface area contributed by atoms with Gasteiger partial charge in [-0.1, -0.05) is 84.9 Å². The first-order valence-corrected chi connectivity index (χ1v) is 12.8. The summed E-state index contributed by atoms with van der Waals surface area (Å²) in [5.41, 5.74) is 3.83. The van der Waals surface area contributed by atoms with Crippen molar-refractivity contribution in [2.45, 2.75) is 0 Å². The molecule has 0 aliphatic rings. The van der Waals surface area contributed by atoms with Gasteiger partial charge < -0.3 is 4.57 Å². The van der Waals surface area contributed by atoms with E-state index in [1.807, 2.05) is 22.7 Å². The van der Waals surface area contributed by atoms with Crippen LogP contribution in [0.2, 0.25) is 0 Å². The quantitative estimate of drug-likeness (QED) is 0.232. The smallest absolute Gasteiger partial charge is 0.0720 e. The van der Waals surface area contributed by atoms with Crippen molar-refractivity contribution in [3.05, 3.63) is 103 Å². The van der Waals surface area contributed by atoms with E-state index in [0.29, 0.717) is 0 Å². The van der Waals surface area contributed by atoms with Crippen LogP contribution in [0.15, 0.2) is 103 Å². The van der Waals surface area contributed by atoms with Crippen LogP contribution >= 0.6 is 22.7 Å². The summed E-state index contributed by atoms with van der Waals surface area (Å²) in [6, 6.07) is 37.6. The number of nitrogens with zero attached hydrogens (tertiary/aromatic N) is 1. The van der Waals surface area contributed by atoms with Crippen LogP contribution in [0.5, 0.6) is 0 Å². The molecule has 0 radical (unpaired) electrons. The maximum absolute atomic E-state index is 2.50. The summed E-state index contributed by atoms with van der Waals surface area (Å²) in [5.74, 6) is 0. The number of para-hydroxylation sites is 1. The van der Waals surface area contributed by atoms with Crippen molar-refractivity contribution in [1.82, 2.24) is 4.57 Å². The molecule has 5 aromatic carbocycles. The van der Waals surface area contributed by atoms with Crippen LogP contribution < -0.4 is 0 Å². The van der Waals surface area contributed by atoms with E-state index < -0.39 is 0 Å². The van der Waals surface area contributed by atoms with Crippen molar-refractivity contribution < 1.29 is 0 Å². The standard InChI is InChI=1S/C30H17NS2/c1-2-9-19(10-3-1)31-26-20-11-5-4-8-18(20)14-15-21(26)22-16-17-24-28(27(22)31)33-29-23-12-6-7-13-25(23)32-30(24)29/h1-17H. The van der Waals surface area contributed by atoms with Gasteiger partial charge in [-0.3, -0.25) is 0 Å². The lowest BCUT2D eigenvalue weighted by molar-refractivity contribution is 1.19. The molecule has 154 valence electrons. The maximum atomic E-state index is 2.50. The summed E-state index contributed by atoms with van der Waals surface area (Å²) < 4.78 is 8.07. The van der Waals surface area contributed by atoms with Crippen molar-refractivity contribution in [3.8, 4) is 5.69 Å². The molecule has 0 amide bonds. The highest BCUT2D eigenvalue weighted by Crippen LogP contribution is 2.48. The van der Waals surface area contributed by atoms with Crippen LogP contribution in [-0.4, -0.2) is 4.57 Å². The fourth-order valence-electron chi connectivity index (χ4n) is 5.36. The molecule has 3 heteroatoms. The average Bonchev–Trinajstić information content (AvgIpc) is 3.52. The molecule has 33 heavy (non-hydrogen) atoms. The first kappa shape index (κ1) is 17.8. The Bertz CT molecular complexity index is 2020. The van der Waals surface area contributed by atoms with E-state index in [9.17, 15) is 0 Å². The lowest BCUT2D eigenvalue weighted by Gasteiger charge is -2.10. The predicted molar refractivity (Wildman–Crippen MR) is 147 cm³/mol. The van der Waals surface area contributed by atoms with Gasteiger partial charge in [0.15, 0.2) is 0 Å². The Morgan fingerprint density at radius 1 is 0.424 bits per heavy atom. The summed E-state index contributed by atoms with van der Waals surface area (Å²) in [4.78, 5) is 0. The number of benzene rings is 5. The molecular weight excluding hydrogens is 438 g/mol. The Balaban J connectivity index is 1.66. The third-order valence-electron chi connectivity index (χ3n) is 6.78. The van der Waals surface area contributed by atoms with Crippen LogP contribution in [0.4, 0.5) is 0 Å². The second kappa shape index (κ2) is 6.44. The van der Waals surface area contributed by atoms with Crippen molar-refractivity contribution in [2.75, 3.05) is 0 Å². The highest BCUT2D eigenvalue weighted by molar-refractivity contribution is 7.37. The minimum absolute atomic E-state index is 1.21. The SMILES string of the molecule is c1ccc(-n2c3c4ccccc4ccc3c3ccc4c5sc6ccccc6c5sc4c32)cc1. The molecule has 3 heterocycles. The van der Waals surface area contributed by atoms with E-state index in [-0.39, 0.29) is 0 Å². The van der Waals surface area contributed by atoms with E-state index in [1.165, 1.54) is 67.8 Å². The number of hydrogen-bond donors (Lipinski definition) is 0. The largest absolute Gasteiger partial charge is 0.307 e. The number of rotatable bonds is 1. The fraction of sp³-hybridized carbons (Fsp3) is 0. The maximum Gasteiger partial charge on any atom is 0.0720 e. The zero-order chi connectivity index (χ0) is 21.5. The summed E-state index contributed by atoms with van der Waals surface area (Å²) in [6.07, 6.45) is 0. The zero-order valence-corrected chi connectivity index (χ0v) is 19.2. The van der Waals surface area contributed by atoms with Gasteiger partial charge >= 0.3 is 0 Å². The summed E-state index contributed by atoms with van der Waals surface area (Å²) in [6.45, 7) is 0. The van der Waals surface area contributed by atoms with Gasteiger partial charge in [0.05, 0.1) is 25.1 Å². The molecule has 0 saturated heterocycles. The number of hydrogen-bond acceptors (Lipinski definition) is 2. The number of aromatic nitrogens is 1. The van der Waals surface area contributed by atoms with Crippen molar-refractivity contribution in [3.63, 3.8) is 0 Å². The average molecular weight is 456 g/mol. The fourth-order valence-corrected chi connectivity index (χ4v) is 8.14. The molecule has 3 aromatic heterocycles. The van der Waals surface area contributed by atoms with Gasteiger partial charge in [-0.15, -0.1) is 22.7 Å². The Labute approximate surface area is 197 Å². The molecule has 0 fully saturated rings. The Hall–Kier alpha value is -3.66. The predicted octanol–water partition coefficient (Wildman–Crippen LogP) is 9.52. The molecule has 0 bridgehead atoms. The van der Waals surface area contributed by atoms with E-state index in [2.05, 4.69) is 108 Å². The Morgan fingerprint density at radius 3 is 2.00 bits per heavy atom. The van der Waals surface area contributed by atoms with Gasteiger partial charge in [0.1, 0.15) is 0 Å². The molecule has 0 aliphatic carbocycles. The highest BCUT2D eigenvalue weighted by Gasteiger charge is 2.20. The lowest BCUT2D eigenvalue weighted by Crippen LogP contribution is -1.94. The van der Waals surface area contributed by atoms with Crippen LogP contribution in [-0.2, 0) is 0 Å². The third-order valence-corrected chi connectivity index (χ3v) is 9.36. The Morgan fingerprint density at radius 2 is 1.09 bits per heavy atom. The first-order valence-electron chi connectivity index (χ1n) is 11.1. The zero-order valence-electron chi connectivity index (χ0n) is 17.6. The molecule has 1 nitrogen and oxygen atoms in total. The lowest BCUT2D eigenvalue weighted by atomic mass is 10.1. The molecule has 0 N–H and O–H groups in total. The molecule has 0 saturated carbocycles. The van der Waals surface area contributed by atoms with Gasteiger partial charge in [-0.25, -0.2) is 0 Å². The summed E-state index contributed by atoms with van der Waals surface area (Å²) >= 11 is 3.87. The van der Waals surface area contributed by atoms with Gasteiger partial charge in [-0.2, -0.15) is 0 Å². The number of fused-ring (bicyclic) bond motifs is 11. The van der Waals surface area contributed by atoms with Crippen LogP contribution in [0.3, 0.4) is 0 Å². The van der Waals surface area contributed by atoms with Crippen LogP contribution in [0.25, 0.3) is 67.8 Å². The highest BCUT2D eigenvalue weighted by atomic mass is 32.1. The normalized spacial score (nSPS) is 12.2. The minimum atomic E-state index is 1.21. The van der Waals surface area contributed by atoms with E-state index in [4.69, 9.17) is 0 Å². The third kappa shape index (κ3) is 2.31. The second-order valence-corrected chi connectivity index (χ2v) is 10.6. The molecule has 8 rings (SSSR count). The van der Waals surface area contributed by atoms with Gasteiger partial charge in [0.2, 0.25) is 0 Å². The van der Waals surface area contributed by atoms with Gasteiger partial charge in [0, 0.05) is 37.3 Å². The molecule has 0 unspecified atom stereocenters. The first-order chi connectivity index (χ1) is 16.4. The van der Waals surface area contributed by atoms with Gasteiger partial charge in [-0.05, 0) is 23.6 Å². The summed E-state index contributed by atoms with van der Waals surface area (Å²) in [7, 11) is 0. The van der Waals surface area contributed by atoms with E-state index in [0.717, 1.165) is 0 Å². The molecule has 0 spiro atoms. The molecule has 8 aromatic rings. The Kier molecular flexibility index (Phi) is 3.48. The van der Waals surface area contributed by atoms with Crippen LogP contribution in [0.1, 0.15) is 0 Å². The van der Waals surface area contributed by atoms with Crippen LogP contribution in [0, 0.1) is 0 Å². The van der Waals surface area contributed by atoms with Gasteiger partial charge in [0.25, 0.3) is 0 Å². The molecule has 0 atom stereocenters. The van der Waals surface area contributed by atoms with E-state index >= 15 is 0 Å².